The lowest BCUT2D eigenvalue weighted by Crippen LogP contribution is -2.43. The fourth-order valence-corrected chi connectivity index (χ4v) is 2.86. The van der Waals surface area contributed by atoms with Crippen LogP contribution in [0.1, 0.15) is 18.4 Å². The molecule has 1 aromatic rings. The van der Waals surface area contributed by atoms with Crippen LogP contribution >= 0.6 is 27.5 Å². The van der Waals surface area contributed by atoms with E-state index in [0.29, 0.717) is 6.04 Å². The Morgan fingerprint density at radius 3 is 3.06 bits per heavy atom. The number of piperidine rings is 1. The van der Waals surface area contributed by atoms with Gasteiger partial charge >= 0.3 is 0 Å². The molecule has 2 nitrogen and oxygen atoms in total. The zero-order valence-corrected chi connectivity index (χ0v) is 12.4. The van der Waals surface area contributed by atoms with Crippen molar-refractivity contribution in [2.75, 3.05) is 20.1 Å². The highest BCUT2D eigenvalue weighted by Gasteiger charge is 2.18. The maximum Gasteiger partial charge on any atom is 0.0451 e. The van der Waals surface area contributed by atoms with Crippen molar-refractivity contribution in [2.24, 2.45) is 0 Å². The number of benzene rings is 1. The van der Waals surface area contributed by atoms with Gasteiger partial charge in [0.05, 0.1) is 0 Å². The Kier molecular flexibility index (Phi) is 4.86. The second-order valence-corrected chi connectivity index (χ2v) is 5.97. The summed E-state index contributed by atoms with van der Waals surface area (Å²) < 4.78 is 1.09. The van der Waals surface area contributed by atoms with E-state index in [9.17, 15) is 0 Å². The van der Waals surface area contributed by atoms with Gasteiger partial charge in [0.2, 0.25) is 0 Å². The van der Waals surface area contributed by atoms with Crippen LogP contribution in [0.15, 0.2) is 22.7 Å². The molecule has 0 spiro atoms. The maximum atomic E-state index is 6.22. The van der Waals surface area contributed by atoms with Gasteiger partial charge in [-0.2, -0.15) is 0 Å². The molecule has 1 aliphatic heterocycles. The van der Waals surface area contributed by atoms with E-state index in [1.807, 2.05) is 12.1 Å². The van der Waals surface area contributed by atoms with E-state index in [1.54, 1.807) is 0 Å². The molecule has 0 saturated carbocycles. The summed E-state index contributed by atoms with van der Waals surface area (Å²) in [7, 11) is 2.18. The highest BCUT2D eigenvalue weighted by atomic mass is 79.9. The lowest BCUT2D eigenvalue weighted by atomic mass is 10.1. The average Bonchev–Trinajstić information content (AvgIpc) is 2.35. The van der Waals surface area contributed by atoms with Crippen molar-refractivity contribution >= 4 is 27.5 Å². The molecule has 2 rings (SSSR count). The van der Waals surface area contributed by atoms with Gasteiger partial charge in [-0.05, 0) is 50.2 Å². The molecule has 17 heavy (non-hydrogen) atoms. The Bertz CT molecular complexity index is 378. The Morgan fingerprint density at radius 2 is 2.35 bits per heavy atom. The van der Waals surface area contributed by atoms with Crippen LogP contribution < -0.4 is 5.32 Å². The maximum absolute atomic E-state index is 6.22. The summed E-state index contributed by atoms with van der Waals surface area (Å²) in [6.07, 6.45) is 2.54. The highest BCUT2D eigenvalue weighted by molar-refractivity contribution is 9.10. The van der Waals surface area contributed by atoms with E-state index < -0.39 is 0 Å². The molecule has 0 aliphatic carbocycles. The Labute approximate surface area is 116 Å². The quantitative estimate of drug-likeness (QED) is 0.920. The molecule has 1 unspecified atom stereocenters. The Balaban J connectivity index is 2.01. The van der Waals surface area contributed by atoms with Gasteiger partial charge in [0.15, 0.2) is 0 Å². The van der Waals surface area contributed by atoms with Crippen molar-refractivity contribution in [3.05, 3.63) is 33.3 Å². The standard InChI is InChI=1S/C13H18BrClN2/c1-17(12-3-2-6-16-8-12)9-10-7-11(14)4-5-13(10)15/h4-5,7,12,16H,2-3,6,8-9H2,1H3. The summed E-state index contributed by atoms with van der Waals surface area (Å²) in [6, 6.07) is 6.66. The van der Waals surface area contributed by atoms with Crippen molar-refractivity contribution in [3.63, 3.8) is 0 Å². The van der Waals surface area contributed by atoms with Crippen LogP contribution in [0.4, 0.5) is 0 Å². The van der Waals surface area contributed by atoms with Gasteiger partial charge in [0, 0.05) is 28.6 Å². The average molecular weight is 318 g/mol. The van der Waals surface area contributed by atoms with Crippen LogP contribution in [0.2, 0.25) is 5.02 Å². The normalized spacial score (nSPS) is 20.8. The summed E-state index contributed by atoms with van der Waals surface area (Å²) >= 11 is 9.71. The van der Waals surface area contributed by atoms with E-state index >= 15 is 0 Å². The monoisotopic (exact) mass is 316 g/mol. The van der Waals surface area contributed by atoms with E-state index in [-0.39, 0.29) is 0 Å². The molecule has 1 aliphatic rings. The van der Waals surface area contributed by atoms with Crippen LogP contribution in [0, 0.1) is 0 Å². The number of nitrogens with one attached hydrogen (secondary N) is 1. The predicted octanol–water partition coefficient (Wildman–Crippen LogP) is 3.29. The summed E-state index contributed by atoms with van der Waals surface area (Å²) in [6.45, 7) is 3.15. The van der Waals surface area contributed by atoms with Crippen LogP contribution in [0.25, 0.3) is 0 Å². The van der Waals surface area contributed by atoms with Crippen LogP contribution in [0.3, 0.4) is 0 Å². The molecule has 0 aromatic heterocycles. The Hall–Kier alpha value is -0.0900. The predicted molar refractivity (Wildman–Crippen MR) is 76.5 cm³/mol. The lowest BCUT2D eigenvalue weighted by Gasteiger charge is -2.31. The highest BCUT2D eigenvalue weighted by Crippen LogP contribution is 2.23. The van der Waals surface area contributed by atoms with Gasteiger partial charge in [0.1, 0.15) is 0 Å². The molecule has 0 bridgehead atoms. The van der Waals surface area contributed by atoms with Crippen molar-refractivity contribution in [2.45, 2.75) is 25.4 Å². The molecule has 1 heterocycles. The van der Waals surface area contributed by atoms with E-state index in [0.717, 1.165) is 29.1 Å². The van der Waals surface area contributed by atoms with Crippen molar-refractivity contribution < 1.29 is 0 Å². The zero-order chi connectivity index (χ0) is 12.3. The summed E-state index contributed by atoms with van der Waals surface area (Å²) in [4.78, 5) is 2.39. The molecule has 0 amide bonds. The van der Waals surface area contributed by atoms with E-state index in [1.165, 1.54) is 18.4 Å². The van der Waals surface area contributed by atoms with Gasteiger partial charge in [-0.15, -0.1) is 0 Å². The van der Waals surface area contributed by atoms with Gasteiger partial charge in [0.25, 0.3) is 0 Å². The molecule has 94 valence electrons. The van der Waals surface area contributed by atoms with Crippen molar-refractivity contribution in [1.82, 2.24) is 10.2 Å². The molecule has 1 saturated heterocycles. The first-order valence-corrected chi connectivity index (χ1v) is 7.19. The van der Waals surface area contributed by atoms with Gasteiger partial charge < -0.3 is 5.32 Å². The SMILES string of the molecule is CN(Cc1cc(Br)ccc1Cl)C1CCCNC1. The number of nitrogens with zero attached hydrogens (tertiary/aromatic N) is 1. The molecular weight excluding hydrogens is 300 g/mol. The number of likely N-dealkylation sites (N-methyl/N-ethyl adjacent to an activating group) is 1. The minimum absolute atomic E-state index is 0.624. The van der Waals surface area contributed by atoms with E-state index in [2.05, 4.69) is 39.3 Å². The fraction of sp³-hybridized carbons (Fsp3) is 0.538. The first-order chi connectivity index (χ1) is 8.16. The smallest absolute Gasteiger partial charge is 0.0451 e. The first-order valence-electron chi connectivity index (χ1n) is 6.01. The van der Waals surface area contributed by atoms with Crippen molar-refractivity contribution in [1.29, 1.82) is 0 Å². The number of hydrogen-bond donors (Lipinski definition) is 1. The van der Waals surface area contributed by atoms with Crippen LogP contribution in [-0.2, 0) is 6.54 Å². The van der Waals surface area contributed by atoms with Crippen molar-refractivity contribution in [3.8, 4) is 0 Å². The molecular formula is C13H18BrClN2. The summed E-state index contributed by atoms with van der Waals surface area (Å²) in [5.74, 6) is 0. The second kappa shape index (κ2) is 6.19. The van der Waals surface area contributed by atoms with E-state index in [4.69, 9.17) is 11.6 Å². The molecule has 1 N–H and O–H groups in total. The van der Waals surface area contributed by atoms with Gasteiger partial charge in [-0.3, -0.25) is 4.90 Å². The summed E-state index contributed by atoms with van der Waals surface area (Å²) in [5, 5.41) is 4.29. The minimum atomic E-state index is 0.624. The summed E-state index contributed by atoms with van der Waals surface area (Å²) in [5.41, 5.74) is 1.19. The third-order valence-corrected chi connectivity index (χ3v) is 4.18. The van der Waals surface area contributed by atoms with Crippen LogP contribution in [0.5, 0.6) is 0 Å². The third kappa shape index (κ3) is 3.68. The number of hydrogen-bond acceptors (Lipinski definition) is 2. The number of halogens is 2. The third-order valence-electron chi connectivity index (χ3n) is 3.32. The zero-order valence-electron chi connectivity index (χ0n) is 10.0. The van der Waals surface area contributed by atoms with Gasteiger partial charge in [-0.25, -0.2) is 0 Å². The number of rotatable bonds is 3. The molecule has 1 atom stereocenters. The minimum Gasteiger partial charge on any atom is -0.315 e. The molecule has 0 radical (unpaired) electrons. The molecule has 1 aromatic carbocycles. The van der Waals surface area contributed by atoms with Gasteiger partial charge in [-0.1, -0.05) is 27.5 Å². The van der Waals surface area contributed by atoms with Crippen LogP contribution in [-0.4, -0.2) is 31.1 Å². The largest absolute Gasteiger partial charge is 0.315 e. The second-order valence-electron chi connectivity index (χ2n) is 4.65. The molecule has 1 fully saturated rings. The first kappa shape index (κ1) is 13.3. The fourth-order valence-electron chi connectivity index (χ4n) is 2.27. The lowest BCUT2D eigenvalue weighted by molar-refractivity contribution is 0.196. The molecule has 4 heteroatoms. The Morgan fingerprint density at radius 1 is 1.53 bits per heavy atom. The topological polar surface area (TPSA) is 15.3 Å².